The van der Waals surface area contributed by atoms with Crippen LogP contribution in [0.15, 0.2) is 18.5 Å². The molecule has 1 aliphatic rings. The molecule has 3 unspecified atom stereocenters. The molecule has 1 saturated carbocycles. The molecule has 1 aliphatic carbocycles. The van der Waals surface area contributed by atoms with Crippen LogP contribution in [0, 0.1) is 11.8 Å². The molecule has 0 aromatic carbocycles. The molecular formula is C17H27N3O. The highest BCUT2D eigenvalue weighted by Crippen LogP contribution is 2.34. The standard InChI is InChI=1S/C17H27N3O/c1-4-9-19-16-8-10-18-11-14(16)17(21)20-15-7-6-13(5-2)12(15)3/h8,10-13,15H,4-7,9H2,1-3H3,(H,18,19)(H,20,21). The van der Waals surface area contributed by atoms with Crippen LogP contribution < -0.4 is 10.6 Å². The van der Waals surface area contributed by atoms with Crippen molar-refractivity contribution in [1.29, 1.82) is 0 Å². The maximum atomic E-state index is 12.5. The van der Waals surface area contributed by atoms with Gasteiger partial charge < -0.3 is 10.6 Å². The normalized spacial score (nSPS) is 24.8. The van der Waals surface area contributed by atoms with E-state index in [0.717, 1.165) is 31.0 Å². The highest BCUT2D eigenvalue weighted by atomic mass is 16.1. The molecule has 3 atom stereocenters. The summed E-state index contributed by atoms with van der Waals surface area (Å²) in [5.41, 5.74) is 1.53. The van der Waals surface area contributed by atoms with E-state index in [1.165, 1.54) is 12.8 Å². The van der Waals surface area contributed by atoms with Crippen molar-refractivity contribution in [2.45, 2.75) is 52.5 Å². The molecular weight excluding hydrogens is 262 g/mol. The molecule has 1 fully saturated rings. The Hall–Kier alpha value is -1.58. The lowest BCUT2D eigenvalue weighted by atomic mass is 9.93. The fourth-order valence-corrected chi connectivity index (χ4v) is 3.26. The van der Waals surface area contributed by atoms with E-state index in [0.29, 0.717) is 17.5 Å². The highest BCUT2D eigenvalue weighted by molar-refractivity contribution is 5.99. The number of hydrogen-bond acceptors (Lipinski definition) is 3. The second-order valence-electron chi connectivity index (χ2n) is 6.03. The van der Waals surface area contributed by atoms with Crippen LogP contribution in [0.1, 0.15) is 56.8 Å². The van der Waals surface area contributed by atoms with Gasteiger partial charge in [-0.3, -0.25) is 9.78 Å². The number of nitrogens with one attached hydrogen (secondary N) is 2. The zero-order valence-corrected chi connectivity index (χ0v) is 13.4. The van der Waals surface area contributed by atoms with Crippen molar-refractivity contribution in [1.82, 2.24) is 10.3 Å². The van der Waals surface area contributed by atoms with Gasteiger partial charge in [0.05, 0.1) is 11.3 Å². The Morgan fingerprint density at radius 2 is 2.19 bits per heavy atom. The Morgan fingerprint density at radius 1 is 1.38 bits per heavy atom. The van der Waals surface area contributed by atoms with Gasteiger partial charge in [0, 0.05) is 25.0 Å². The summed E-state index contributed by atoms with van der Waals surface area (Å²) in [6, 6.07) is 2.17. The molecule has 2 N–H and O–H groups in total. The van der Waals surface area contributed by atoms with Gasteiger partial charge in [-0.05, 0) is 37.2 Å². The first kappa shape index (κ1) is 15.8. The van der Waals surface area contributed by atoms with Gasteiger partial charge >= 0.3 is 0 Å². The number of hydrogen-bond donors (Lipinski definition) is 2. The Balaban J connectivity index is 2.04. The number of rotatable bonds is 6. The average Bonchev–Trinajstić information content (AvgIpc) is 2.85. The quantitative estimate of drug-likeness (QED) is 0.843. The molecule has 1 heterocycles. The summed E-state index contributed by atoms with van der Waals surface area (Å²) in [4.78, 5) is 16.6. The van der Waals surface area contributed by atoms with Crippen LogP contribution >= 0.6 is 0 Å². The van der Waals surface area contributed by atoms with Gasteiger partial charge in [-0.15, -0.1) is 0 Å². The van der Waals surface area contributed by atoms with Crippen LogP contribution in [0.25, 0.3) is 0 Å². The van der Waals surface area contributed by atoms with Gasteiger partial charge in [0.25, 0.3) is 5.91 Å². The van der Waals surface area contributed by atoms with Crippen molar-refractivity contribution in [3.05, 3.63) is 24.0 Å². The van der Waals surface area contributed by atoms with Crippen LogP contribution in [-0.4, -0.2) is 23.5 Å². The minimum absolute atomic E-state index is 0.00435. The lowest BCUT2D eigenvalue weighted by molar-refractivity contribution is 0.0927. The fraction of sp³-hybridized carbons (Fsp3) is 0.647. The summed E-state index contributed by atoms with van der Waals surface area (Å²) in [5, 5.41) is 6.51. The average molecular weight is 289 g/mol. The molecule has 0 saturated heterocycles. The summed E-state index contributed by atoms with van der Waals surface area (Å²) in [5.74, 6) is 1.29. The third-order valence-electron chi connectivity index (χ3n) is 4.70. The predicted molar refractivity (Wildman–Crippen MR) is 86.5 cm³/mol. The van der Waals surface area contributed by atoms with Crippen LogP contribution in [0.3, 0.4) is 0 Å². The van der Waals surface area contributed by atoms with Gasteiger partial charge in [-0.25, -0.2) is 0 Å². The van der Waals surface area contributed by atoms with Crippen LogP contribution in [-0.2, 0) is 0 Å². The van der Waals surface area contributed by atoms with E-state index in [-0.39, 0.29) is 5.91 Å². The molecule has 4 heteroatoms. The maximum absolute atomic E-state index is 12.5. The first-order valence-electron chi connectivity index (χ1n) is 8.16. The van der Waals surface area contributed by atoms with Crippen molar-refractivity contribution in [2.24, 2.45) is 11.8 Å². The maximum Gasteiger partial charge on any atom is 0.255 e. The monoisotopic (exact) mass is 289 g/mol. The molecule has 0 spiro atoms. The molecule has 0 bridgehead atoms. The van der Waals surface area contributed by atoms with E-state index < -0.39 is 0 Å². The van der Waals surface area contributed by atoms with Gasteiger partial charge in [0.2, 0.25) is 0 Å². The van der Waals surface area contributed by atoms with Gasteiger partial charge in [0.1, 0.15) is 0 Å². The molecule has 0 radical (unpaired) electrons. The minimum atomic E-state index is -0.00435. The summed E-state index contributed by atoms with van der Waals surface area (Å²) in [6.45, 7) is 7.46. The van der Waals surface area contributed by atoms with E-state index in [1.54, 1.807) is 12.4 Å². The van der Waals surface area contributed by atoms with Gasteiger partial charge in [-0.2, -0.15) is 0 Å². The first-order chi connectivity index (χ1) is 10.2. The van der Waals surface area contributed by atoms with Crippen LogP contribution in [0.2, 0.25) is 0 Å². The third kappa shape index (κ3) is 3.74. The fourth-order valence-electron chi connectivity index (χ4n) is 3.26. The van der Waals surface area contributed by atoms with Crippen LogP contribution in [0.5, 0.6) is 0 Å². The first-order valence-corrected chi connectivity index (χ1v) is 8.16. The molecule has 4 nitrogen and oxygen atoms in total. The molecule has 1 aromatic rings. The second-order valence-corrected chi connectivity index (χ2v) is 6.03. The Bertz CT molecular complexity index is 475. The van der Waals surface area contributed by atoms with Crippen molar-refractivity contribution in [3.63, 3.8) is 0 Å². The summed E-state index contributed by atoms with van der Waals surface area (Å²) in [7, 11) is 0. The zero-order chi connectivity index (χ0) is 15.2. The van der Waals surface area contributed by atoms with E-state index >= 15 is 0 Å². The molecule has 21 heavy (non-hydrogen) atoms. The topological polar surface area (TPSA) is 54.0 Å². The summed E-state index contributed by atoms with van der Waals surface area (Å²) >= 11 is 0. The number of aromatic nitrogens is 1. The lowest BCUT2D eigenvalue weighted by Gasteiger charge is -2.21. The highest BCUT2D eigenvalue weighted by Gasteiger charge is 2.32. The van der Waals surface area contributed by atoms with E-state index in [4.69, 9.17) is 0 Å². The third-order valence-corrected chi connectivity index (χ3v) is 4.70. The number of carbonyl (C=O) groups excluding carboxylic acids is 1. The summed E-state index contributed by atoms with van der Waals surface area (Å²) < 4.78 is 0. The number of nitrogens with zero attached hydrogens (tertiary/aromatic N) is 1. The SMILES string of the molecule is CCCNc1ccncc1C(=O)NC1CCC(CC)C1C. The predicted octanol–water partition coefficient (Wildman–Crippen LogP) is 3.46. The van der Waals surface area contributed by atoms with Crippen molar-refractivity contribution in [3.8, 4) is 0 Å². The van der Waals surface area contributed by atoms with E-state index in [1.807, 2.05) is 6.07 Å². The number of amides is 1. The van der Waals surface area contributed by atoms with Gasteiger partial charge in [-0.1, -0.05) is 27.2 Å². The molecule has 2 rings (SSSR count). The molecule has 116 valence electrons. The molecule has 0 aliphatic heterocycles. The lowest BCUT2D eigenvalue weighted by Crippen LogP contribution is -2.37. The zero-order valence-electron chi connectivity index (χ0n) is 13.4. The number of carbonyl (C=O) groups is 1. The Morgan fingerprint density at radius 3 is 2.86 bits per heavy atom. The minimum Gasteiger partial charge on any atom is -0.384 e. The van der Waals surface area contributed by atoms with E-state index in [9.17, 15) is 4.79 Å². The van der Waals surface area contributed by atoms with Crippen LogP contribution in [0.4, 0.5) is 5.69 Å². The second kappa shape index (κ2) is 7.43. The molecule has 1 amide bonds. The van der Waals surface area contributed by atoms with Crippen molar-refractivity contribution < 1.29 is 4.79 Å². The smallest absolute Gasteiger partial charge is 0.255 e. The summed E-state index contributed by atoms with van der Waals surface area (Å²) in [6.07, 6.45) is 7.91. The van der Waals surface area contributed by atoms with Gasteiger partial charge in [0.15, 0.2) is 0 Å². The largest absolute Gasteiger partial charge is 0.384 e. The number of pyridine rings is 1. The van der Waals surface area contributed by atoms with Crippen molar-refractivity contribution in [2.75, 3.05) is 11.9 Å². The van der Waals surface area contributed by atoms with Crippen molar-refractivity contribution >= 4 is 11.6 Å². The van der Waals surface area contributed by atoms with E-state index in [2.05, 4.69) is 36.4 Å². The Labute approximate surface area is 127 Å². The number of anilines is 1. The molecule has 1 aromatic heterocycles. The Kier molecular flexibility index (Phi) is 5.59.